The summed E-state index contributed by atoms with van der Waals surface area (Å²) in [5.74, 6) is -0.565. The zero-order valence-electron chi connectivity index (χ0n) is 5.16. The van der Waals surface area contributed by atoms with Crippen LogP contribution in [0.2, 0.25) is 0 Å². The fraction of sp³-hybridized carbons (Fsp3) is 0.400. The molecule has 4 N–H and O–H groups in total. The highest BCUT2D eigenvalue weighted by Gasteiger charge is 1.90. The molecule has 1 amide bonds. The molecule has 4 nitrogen and oxygen atoms in total. The minimum atomic E-state index is -0.794. The number of nitrogens with two attached hydrogens (primary N) is 1. The molecule has 0 radical (unpaired) electrons. The molecule has 1 atom stereocenters. The van der Waals surface area contributed by atoms with Crippen LogP contribution in [0.1, 0.15) is 0 Å². The highest BCUT2D eigenvalue weighted by molar-refractivity contribution is 5.85. The average Bonchev–Trinajstić information content (AvgIpc) is 1.83. The van der Waals surface area contributed by atoms with E-state index in [2.05, 4.69) is 5.32 Å². The molecule has 0 spiro atoms. The number of carbonyl (C=O) groups excluding carboxylic acids is 1. The highest BCUT2D eigenvalue weighted by atomic mass is 16.3. The predicted molar refractivity (Wildman–Crippen MR) is 33.4 cm³/mol. The molecular weight excluding hydrogens is 120 g/mol. The summed E-state index contributed by atoms with van der Waals surface area (Å²) in [7, 11) is 1.57. The Labute approximate surface area is 53.4 Å². The largest absolute Gasteiger partial charge is 0.375 e. The van der Waals surface area contributed by atoms with Crippen molar-refractivity contribution < 1.29 is 9.90 Å². The lowest BCUT2D eigenvalue weighted by molar-refractivity contribution is -0.113. The number of rotatable bonds is 3. The van der Waals surface area contributed by atoms with Gasteiger partial charge in [0.1, 0.15) is 6.23 Å². The number of amides is 1. The molecule has 0 rings (SSSR count). The van der Waals surface area contributed by atoms with Crippen LogP contribution in [0.25, 0.3) is 0 Å². The average molecular weight is 130 g/mol. The maximum Gasteiger partial charge on any atom is 0.241 e. The molecule has 0 heterocycles. The van der Waals surface area contributed by atoms with Gasteiger partial charge in [0.25, 0.3) is 0 Å². The number of likely N-dealkylation sites (N-methyl/N-ethyl adjacent to an activating group) is 1. The summed E-state index contributed by atoms with van der Waals surface area (Å²) >= 11 is 0. The molecule has 0 saturated carbocycles. The molecule has 0 aromatic heterocycles. The third-order valence-electron chi connectivity index (χ3n) is 0.739. The van der Waals surface area contributed by atoms with Crippen molar-refractivity contribution in [2.24, 2.45) is 5.73 Å². The van der Waals surface area contributed by atoms with E-state index in [0.29, 0.717) is 0 Å². The molecule has 0 aliphatic heterocycles. The van der Waals surface area contributed by atoms with Crippen molar-refractivity contribution >= 4 is 5.91 Å². The number of primary amides is 1. The highest BCUT2D eigenvalue weighted by Crippen LogP contribution is 1.76. The molecule has 0 aliphatic carbocycles. The predicted octanol–water partition coefficient (Wildman–Crippen LogP) is -1.43. The summed E-state index contributed by atoms with van der Waals surface area (Å²) in [5, 5.41) is 11.2. The zero-order chi connectivity index (χ0) is 7.28. The van der Waals surface area contributed by atoms with Crippen molar-refractivity contribution in [3.63, 3.8) is 0 Å². The molecule has 1 unspecified atom stereocenters. The second-order valence-corrected chi connectivity index (χ2v) is 1.49. The minimum absolute atomic E-state index is 0.565. The number of hydrogen-bond donors (Lipinski definition) is 3. The monoisotopic (exact) mass is 130 g/mol. The third-order valence-corrected chi connectivity index (χ3v) is 0.739. The van der Waals surface area contributed by atoms with E-state index in [0.717, 1.165) is 6.08 Å². The molecule has 4 heteroatoms. The van der Waals surface area contributed by atoms with Crippen LogP contribution in [-0.4, -0.2) is 24.3 Å². The van der Waals surface area contributed by atoms with E-state index in [4.69, 9.17) is 10.8 Å². The molecule has 9 heavy (non-hydrogen) atoms. The lowest BCUT2D eigenvalue weighted by atomic mass is 10.4. The number of nitrogens with one attached hydrogen (secondary N) is 1. The topological polar surface area (TPSA) is 75.3 Å². The van der Waals surface area contributed by atoms with Crippen LogP contribution in [0.3, 0.4) is 0 Å². The lowest BCUT2D eigenvalue weighted by Gasteiger charge is -1.99. The van der Waals surface area contributed by atoms with Crippen molar-refractivity contribution in [3.8, 4) is 0 Å². The summed E-state index contributed by atoms with van der Waals surface area (Å²) in [5.41, 5.74) is 4.73. The molecule has 0 aromatic carbocycles. The number of aliphatic hydroxyl groups is 1. The van der Waals surface area contributed by atoms with E-state index in [9.17, 15) is 4.79 Å². The van der Waals surface area contributed by atoms with Crippen LogP contribution in [0.4, 0.5) is 0 Å². The summed E-state index contributed by atoms with van der Waals surface area (Å²) in [6, 6.07) is 0. The van der Waals surface area contributed by atoms with Gasteiger partial charge in [-0.05, 0) is 13.1 Å². The van der Waals surface area contributed by atoms with Gasteiger partial charge in [-0.25, -0.2) is 0 Å². The quantitative estimate of drug-likeness (QED) is 0.323. The standard InChI is InChI=1S/C5H10N2O2/c1-7-5(9)3-2-4(6)8/h2-3,5,7,9H,1H3,(H2,6,8)/b3-2+. The van der Waals surface area contributed by atoms with Gasteiger partial charge in [0, 0.05) is 6.08 Å². The maximum atomic E-state index is 10.0. The van der Waals surface area contributed by atoms with Gasteiger partial charge >= 0.3 is 0 Å². The van der Waals surface area contributed by atoms with Gasteiger partial charge in [-0.15, -0.1) is 0 Å². The molecule has 0 fully saturated rings. The smallest absolute Gasteiger partial charge is 0.241 e. The fourth-order valence-corrected chi connectivity index (χ4v) is 0.282. The zero-order valence-corrected chi connectivity index (χ0v) is 5.16. The first-order valence-corrected chi connectivity index (χ1v) is 2.50. The van der Waals surface area contributed by atoms with Crippen LogP contribution >= 0.6 is 0 Å². The molecular formula is C5H10N2O2. The normalized spacial score (nSPS) is 14.0. The number of carbonyl (C=O) groups is 1. The van der Waals surface area contributed by atoms with Crippen molar-refractivity contribution in [1.82, 2.24) is 5.32 Å². The SMILES string of the molecule is CNC(O)/C=C/C(N)=O. The molecule has 52 valence electrons. The van der Waals surface area contributed by atoms with Gasteiger partial charge in [-0.2, -0.15) is 0 Å². The van der Waals surface area contributed by atoms with E-state index < -0.39 is 12.1 Å². The summed E-state index contributed by atoms with van der Waals surface area (Å²) < 4.78 is 0. The first kappa shape index (κ1) is 8.13. The summed E-state index contributed by atoms with van der Waals surface area (Å²) in [6.45, 7) is 0. The molecule has 0 aromatic rings. The van der Waals surface area contributed by atoms with E-state index >= 15 is 0 Å². The van der Waals surface area contributed by atoms with Crippen LogP contribution in [0.5, 0.6) is 0 Å². The summed E-state index contributed by atoms with van der Waals surface area (Å²) in [4.78, 5) is 10.0. The Kier molecular flexibility index (Phi) is 3.66. The molecule has 0 saturated heterocycles. The second kappa shape index (κ2) is 4.05. The minimum Gasteiger partial charge on any atom is -0.375 e. The first-order chi connectivity index (χ1) is 4.16. The lowest BCUT2D eigenvalue weighted by Crippen LogP contribution is -2.22. The van der Waals surface area contributed by atoms with E-state index in [-0.39, 0.29) is 0 Å². The van der Waals surface area contributed by atoms with Crippen LogP contribution in [0.15, 0.2) is 12.2 Å². The Morgan fingerprint density at radius 2 is 2.44 bits per heavy atom. The van der Waals surface area contributed by atoms with E-state index in [1.54, 1.807) is 7.05 Å². The van der Waals surface area contributed by atoms with Gasteiger partial charge in [-0.3, -0.25) is 10.1 Å². The van der Waals surface area contributed by atoms with Gasteiger partial charge in [0.05, 0.1) is 0 Å². The Morgan fingerprint density at radius 1 is 1.89 bits per heavy atom. The molecule has 0 aliphatic rings. The van der Waals surface area contributed by atoms with Crippen LogP contribution in [0, 0.1) is 0 Å². The maximum absolute atomic E-state index is 10.0. The van der Waals surface area contributed by atoms with Gasteiger partial charge in [-0.1, -0.05) is 0 Å². The second-order valence-electron chi connectivity index (χ2n) is 1.49. The number of hydrogen-bond acceptors (Lipinski definition) is 3. The Morgan fingerprint density at radius 3 is 2.78 bits per heavy atom. The third kappa shape index (κ3) is 4.99. The van der Waals surface area contributed by atoms with Gasteiger partial charge < -0.3 is 10.8 Å². The van der Waals surface area contributed by atoms with Crippen LogP contribution < -0.4 is 11.1 Å². The van der Waals surface area contributed by atoms with Crippen LogP contribution in [-0.2, 0) is 4.79 Å². The van der Waals surface area contributed by atoms with Gasteiger partial charge in [0.15, 0.2) is 0 Å². The molecule has 0 bridgehead atoms. The van der Waals surface area contributed by atoms with E-state index in [1.807, 2.05) is 0 Å². The first-order valence-electron chi connectivity index (χ1n) is 2.50. The Bertz CT molecular complexity index is 122. The fourth-order valence-electron chi connectivity index (χ4n) is 0.282. The van der Waals surface area contributed by atoms with Crippen molar-refractivity contribution in [3.05, 3.63) is 12.2 Å². The van der Waals surface area contributed by atoms with Crippen molar-refractivity contribution in [2.45, 2.75) is 6.23 Å². The van der Waals surface area contributed by atoms with Gasteiger partial charge in [0.2, 0.25) is 5.91 Å². The van der Waals surface area contributed by atoms with Crippen molar-refractivity contribution in [2.75, 3.05) is 7.05 Å². The Balaban J connectivity index is 3.56. The number of aliphatic hydroxyl groups excluding tert-OH is 1. The van der Waals surface area contributed by atoms with Crippen molar-refractivity contribution in [1.29, 1.82) is 0 Å². The van der Waals surface area contributed by atoms with E-state index in [1.165, 1.54) is 6.08 Å². The summed E-state index contributed by atoms with van der Waals surface area (Å²) in [6.07, 6.45) is 1.57. The Hall–Kier alpha value is -0.870.